The molecule has 3 N–H and O–H groups in total. The Labute approximate surface area is 57.9 Å². The zero-order chi connectivity index (χ0) is 7.56. The van der Waals surface area contributed by atoms with Gasteiger partial charge in [-0.15, -0.1) is 0 Å². The highest BCUT2D eigenvalue weighted by Crippen LogP contribution is 2.05. The molecular formula is C6H8N2O2. The number of hydrogen-bond acceptors (Lipinski definition) is 2. The lowest BCUT2D eigenvalue weighted by Gasteiger charge is -1.90. The van der Waals surface area contributed by atoms with Gasteiger partial charge in [-0.05, 0) is 12.1 Å². The maximum absolute atomic E-state index is 10.3. The van der Waals surface area contributed by atoms with E-state index in [-0.39, 0.29) is 5.69 Å². The van der Waals surface area contributed by atoms with Crippen molar-refractivity contribution >= 4 is 11.8 Å². The van der Waals surface area contributed by atoms with Crippen LogP contribution in [0.5, 0.6) is 0 Å². The maximum atomic E-state index is 10.3. The van der Waals surface area contributed by atoms with Gasteiger partial charge in [-0.1, -0.05) is 0 Å². The number of carboxylic acid groups (broad SMARTS) is 1. The zero-order valence-corrected chi connectivity index (χ0v) is 5.51. The van der Waals surface area contributed by atoms with Crippen LogP contribution >= 0.6 is 0 Å². The summed E-state index contributed by atoms with van der Waals surface area (Å²) in [5.41, 5.74) is 0.198. The fourth-order valence-electron chi connectivity index (χ4n) is 0.666. The molecule has 4 nitrogen and oxygen atoms in total. The van der Waals surface area contributed by atoms with Gasteiger partial charge in [0.2, 0.25) is 0 Å². The summed E-state index contributed by atoms with van der Waals surface area (Å²) in [5, 5.41) is 11.2. The number of anilines is 1. The topological polar surface area (TPSA) is 65.1 Å². The third-order valence-electron chi connectivity index (χ3n) is 1.19. The summed E-state index contributed by atoms with van der Waals surface area (Å²) >= 11 is 0. The molecule has 1 aromatic heterocycles. The van der Waals surface area contributed by atoms with Crippen LogP contribution < -0.4 is 5.32 Å². The molecule has 0 aliphatic heterocycles. The number of aromatic nitrogens is 1. The molecule has 1 aromatic rings. The van der Waals surface area contributed by atoms with Crippen LogP contribution in [0.3, 0.4) is 0 Å². The number of aromatic carboxylic acids is 1. The zero-order valence-electron chi connectivity index (χ0n) is 5.51. The molecule has 0 aliphatic rings. The molecule has 10 heavy (non-hydrogen) atoms. The standard InChI is InChI=1S/C6H8N2O2/c1-7-5-3-2-4(8-5)6(9)10/h2-3,7-8H,1H3,(H,9,10). The van der Waals surface area contributed by atoms with E-state index in [1.54, 1.807) is 13.1 Å². The highest BCUT2D eigenvalue weighted by atomic mass is 16.4. The molecule has 4 heteroatoms. The predicted octanol–water partition coefficient (Wildman–Crippen LogP) is 0.755. The van der Waals surface area contributed by atoms with Crippen molar-refractivity contribution in [3.8, 4) is 0 Å². The first kappa shape index (κ1) is 6.67. The minimum absolute atomic E-state index is 0.198. The van der Waals surface area contributed by atoms with Crippen molar-refractivity contribution < 1.29 is 9.90 Å². The lowest BCUT2D eigenvalue weighted by atomic mass is 10.4. The Morgan fingerprint density at radius 3 is 2.70 bits per heavy atom. The predicted molar refractivity (Wildman–Crippen MR) is 37.3 cm³/mol. The van der Waals surface area contributed by atoms with E-state index in [4.69, 9.17) is 5.11 Å². The summed E-state index contributed by atoms with van der Waals surface area (Å²) < 4.78 is 0. The molecule has 0 unspecified atom stereocenters. The van der Waals surface area contributed by atoms with E-state index in [1.165, 1.54) is 6.07 Å². The van der Waals surface area contributed by atoms with E-state index >= 15 is 0 Å². The van der Waals surface area contributed by atoms with Crippen molar-refractivity contribution in [3.05, 3.63) is 17.8 Å². The molecule has 0 aliphatic carbocycles. The van der Waals surface area contributed by atoms with Crippen molar-refractivity contribution in [1.29, 1.82) is 0 Å². The van der Waals surface area contributed by atoms with Crippen LogP contribution in [-0.4, -0.2) is 23.1 Å². The Balaban J connectivity index is 2.88. The molecular weight excluding hydrogens is 132 g/mol. The largest absolute Gasteiger partial charge is 0.477 e. The number of carboxylic acids is 1. The van der Waals surface area contributed by atoms with Crippen molar-refractivity contribution in [2.45, 2.75) is 0 Å². The first-order chi connectivity index (χ1) is 4.74. The normalized spacial score (nSPS) is 9.30. The molecule has 1 heterocycles. The van der Waals surface area contributed by atoms with E-state index in [9.17, 15) is 4.79 Å². The Bertz CT molecular complexity index is 242. The fraction of sp³-hybridized carbons (Fsp3) is 0.167. The van der Waals surface area contributed by atoms with Crippen molar-refractivity contribution in [1.82, 2.24) is 4.98 Å². The molecule has 0 atom stereocenters. The number of rotatable bonds is 2. The van der Waals surface area contributed by atoms with Crippen molar-refractivity contribution in [2.75, 3.05) is 12.4 Å². The summed E-state index contributed by atoms with van der Waals surface area (Å²) in [6, 6.07) is 3.18. The minimum atomic E-state index is -0.943. The summed E-state index contributed by atoms with van der Waals surface area (Å²) in [6.07, 6.45) is 0. The molecule has 1 rings (SSSR count). The molecule has 0 radical (unpaired) electrons. The first-order valence-electron chi connectivity index (χ1n) is 2.84. The number of hydrogen-bond donors (Lipinski definition) is 3. The maximum Gasteiger partial charge on any atom is 0.352 e. The molecule has 0 saturated heterocycles. The summed E-state index contributed by atoms with van der Waals surface area (Å²) in [7, 11) is 1.72. The SMILES string of the molecule is CNc1ccc(C(=O)O)[nH]1. The van der Waals surface area contributed by atoms with Gasteiger partial charge in [0, 0.05) is 7.05 Å². The van der Waals surface area contributed by atoms with Crippen LogP contribution in [0.4, 0.5) is 5.82 Å². The average Bonchev–Trinajstić information content (AvgIpc) is 2.34. The van der Waals surface area contributed by atoms with Gasteiger partial charge in [0.1, 0.15) is 11.5 Å². The monoisotopic (exact) mass is 140 g/mol. The number of H-pyrrole nitrogens is 1. The third-order valence-corrected chi connectivity index (χ3v) is 1.19. The summed E-state index contributed by atoms with van der Waals surface area (Å²) in [4.78, 5) is 12.9. The van der Waals surface area contributed by atoms with E-state index in [0.29, 0.717) is 5.82 Å². The molecule has 0 aromatic carbocycles. The third kappa shape index (κ3) is 1.10. The van der Waals surface area contributed by atoms with Crippen LogP contribution in [0, 0.1) is 0 Å². The van der Waals surface area contributed by atoms with Crippen LogP contribution in [0.2, 0.25) is 0 Å². The van der Waals surface area contributed by atoms with E-state index in [1.807, 2.05) is 0 Å². The van der Waals surface area contributed by atoms with Gasteiger partial charge < -0.3 is 15.4 Å². The second kappa shape index (κ2) is 2.43. The van der Waals surface area contributed by atoms with Crippen LogP contribution in [0.25, 0.3) is 0 Å². The highest BCUT2D eigenvalue weighted by molar-refractivity contribution is 5.86. The van der Waals surface area contributed by atoms with Crippen molar-refractivity contribution in [3.63, 3.8) is 0 Å². The molecule has 0 amide bonds. The molecule has 0 spiro atoms. The number of aromatic amines is 1. The summed E-state index contributed by atoms with van der Waals surface area (Å²) in [5.74, 6) is -0.237. The van der Waals surface area contributed by atoms with Gasteiger partial charge in [-0.3, -0.25) is 0 Å². The molecule has 0 saturated carbocycles. The lowest BCUT2D eigenvalue weighted by Crippen LogP contribution is -1.96. The first-order valence-corrected chi connectivity index (χ1v) is 2.84. The van der Waals surface area contributed by atoms with Gasteiger partial charge in [-0.25, -0.2) is 4.79 Å². The quantitative estimate of drug-likeness (QED) is 0.568. The van der Waals surface area contributed by atoms with Gasteiger partial charge in [0.25, 0.3) is 0 Å². The Hall–Kier alpha value is -1.45. The van der Waals surface area contributed by atoms with Gasteiger partial charge in [0.05, 0.1) is 0 Å². The van der Waals surface area contributed by atoms with Crippen LogP contribution in [0.1, 0.15) is 10.5 Å². The summed E-state index contributed by atoms with van der Waals surface area (Å²) in [6.45, 7) is 0. The second-order valence-electron chi connectivity index (χ2n) is 1.84. The average molecular weight is 140 g/mol. The fourth-order valence-corrected chi connectivity index (χ4v) is 0.666. The van der Waals surface area contributed by atoms with Crippen LogP contribution in [-0.2, 0) is 0 Å². The van der Waals surface area contributed by atoms with E-state index < -0.39 is 5.97 Å². The van der Waals surface area contributed by atoms with Gasteiger partial charge >= 0.3 is 5.97 Å². The van der Waals surface area contributed by atoms with Crippen LogP contribution in [0.15, 0.2) is 12.1 Å². The minimum Gasteiger partial charge on any atom is -0.477 e. The van der Waals surface area contributed by atoms with Gasteiger partial charge in [0.15, 0.2) is 0 Å². The highest BCUT2D eigenvalue weighted by Gasteiger charge is 2.02. The Kier molecular flexibility index (Phi) is 1.62. The van der Waals surface area contributed by atoms with Gasteiger partial charge in [-0.2, -0.15) is 0 Å². The smallest absolute Gasteiger partial charge is 0.352 e. The van der Waals surface area contributed by atoms with E-state index in [0.717, 1.165) is 0 Å². The molecule has 54 valence electrons. The van der Waals surface area contributed by atoms with Crippen molar-refractivity contribution in [2.24, 2.45) is 0 Å². The Morgan fingerprint density at radius 1 is 1.70 bits per heavy atom. The van der Waals surface area contributed by atoms with E-state index in [2.05, 4.69) is 10.3 Å². The molecule has 0 fully saturated rings. The number of carbonyl (C=O) groups is 1. The molecule has 0 bridgehead atoms. The lowest BCUT2D eigenvalue weighted by molar-refractivity contribution is 0.0691. The Morgan fingerprint density at radius 2 is 2.40 bits per heavy atom. The number of nitrogens with one attached hydrogen (secondary N) is 2. The second-order valence-corrected chi connectivity index (χ2v) is 1.84.